The van der Waals surface area contributed by atoms with Crippen molar-refractivity contribution in [2.24, 2.45) is 0 Å². The van der Waals surface area contributed by atoms with E-state index in [1.807, 2.05) is 6.92 Å². The number of carbonyl (C=O) groups excluding carboxylic acids is 1. The van der Waals surface area contributed by atoms with Crippen LogP contribution >= 0.6 is 0 Å². The first-order valence-electron chi connectivity index (χ1n) is 8.46. The molecule has 1 aromatic carbocycles. The number of H-pyrrole nitrogens is 1. The number of hydrogen-bond donors (Lipinski definition) is 2. The number of hydrogen-bond acceptors (Lipinski definition) is 3. The van der Waals surface area contributed by atoms with Crippen molar-refractivity contribution in [2.45, 2.75) is 32.7 Å². The van der Waals surface area contributed by atoms with Crippen LogP contribution in [0.3, 0.4) is 0 Å². The summed E-state index contributed by atoms with van der Waals surface area (Å²) in [5.41, 5.74) is 2.33. The van der Waals surface area contributed by atoms with Crippen LogP contribution in [-0.2, 0) is 0 Å². The van der Waals surface area contributed by atoms with Crippen molar-refractivity contribution in [3.63, 3.8) is 0 Å². The van der Waals surface area contributed by atoms with Crippen molar-refractivity contribution in [1.82, 2.24) is 10.3 Å². The fraction of sp³-hybridized carbons (Fsp3) is 0.368. The lowest BCUT2D eigenvalue weighted by Crippen LogP contribution is -2.48. The van der Waals surface area contributed by atoms with E-state index < -0.39 is 0 Å². The van der Waals surface area contributed by atoms with Gasteiger partial charge in [0.2, 0.25) is 0 Å². The minimum absolute atomic E-state index is 0.0496. The van der Waals surface area contributed by atoms with E-state index in [-0.39, 0.29) is 28.9 Å². The number of aryl methyl sites for hydroxylation is 2. The maximum Gasteiger partial charge on any atom is 0.260 e. The Labute approximate surface area is 145 Å². The molecule has 6 heteroatoms. The third kappa shape index (κ3) is 3.90. The quantitative estimate of drug-likeness (QED) is 0.900. The zero-order chi connectivity index (χ0) is 18.0. The second kappa shape index (κ2) is 7.09. The summed E-state index contributed by atoms with van der Waals surface area (Å²) in [6.45, 7) is 5.16. The second-order valence-electron chi connectivity index (χ2n) is 6.57. The van der Waals surface area contributed by atoms with Crippen LogP contribution < -0.4 is 15.8 Å². The Morgan fingerprint density at radius 3 is 2.80 bits per heavy atom. The first-order valence-corrected chi connectivity index (χ1v) is 8.46. The molecular formula is C19H22FN3O2. The number of carbonyl (C=O) groups is 1. The largest absolute Gasteiger partial charge is 0.369 e. The van der Waals surface area contributed by atoms with Gasteiger partial charge in [0, 0.05) is 30.5 Å². The summed E-state index contributed by atoms with van der Waals surface area (Å²) >= 11 is 0. The summed E-state index contributed by atoms with van der Waals surface area (Å²) in [5.74, 6) is -0.606. The number of rotatable bonds is 3. The molecule has 0 saturated carbocycles. The Hall–Kier alpha value is -2.63. The monoisotopic (exact) mass is 343 g/mol. The molecule has 0 unspecified atom stereocenters. The van der Waals surface area contributed by atoms with Crippen LogP contribution in [0.5, 0.6) is 0 Å². The third-order valence-corrected chi connectivity index (χ3v) is 4.56. The number of aromatic nitrogens is 1. The highest BCUT2D eigenvalue weighted by molar-refractivity contribution is 5.94. The molecule has 1 aromatic heterocycles. The Morgan fingerprint density at radius 2 is 2.08 bits per heavy atom. The Bertz CT molecular complexity index is 847. The normalized spacial score (nSPS) is 17.4. The van der Waals surface area contributed by atoms with Gasteiger partial charge in [-0.3, -0.25) is 9.59 Å². The van der Waals surface area contributed by atoms with Gasteiger partial charge >= 0.3 is 0 Å². The first kappa shape index (κ1) is 17.2. The van der Waals surface area contributed by atoms with Crippen LogP contribution in [0.25, 0.3) is 0 Å². The molecule has 25 heavy (non-hydrogen) atoms. The van der Waals surface area contributed by atoms with Crippen molar-refractivity contribution in [3.8, 4) is 0 Å². The molecule has 0 radical (unpaired) electrons. The van der Waals surface area contributed by atoms with Gasteiger partial charge in [0.1, 0.15) is 11.4 Å². The molecule has 0 spiro atoms. The van der Waals surface area contributed by atoms with Gasteiger partial charge in [0.05, 0.1) is 0 Å². The van der Waals surface area contributed by atoms with Crippen LogP contribution in [0.4, 0.5) is 10.1 Å². The van der Waals surface area contributed by atoms with Crippen LogP contribution in [0.15, 0.2) is 35.1 Å². The summed E-state index contributed by atoms with van der Waals surface area (Å²) in [7, 11) is 0. The van der Waals surface area contributed by atoms with Crippen molar-refractivity contribution >= 4 is 11.6 Å². The predicted octanol–water partition coefficient (Wildman–Crippen LogP) is 2.53. The summed E-state index contributed by atoms with van der Waals surface area (Å²) in [4.78, 5) is 29.1. The van der Waals surface area contributed by atoms with Gasteiger partial charge < -0.3 is 15.2 Å². The van der Waals surface area contributed by atoms with E-state index in [4.69, 9.17) is 0 Å². The average molecular weight is 343 g/mol. The van der Waals surface area contributed by atoms with Crippen LogP contribution in [0.1, 0.15) is 34.5 Å². The lowest BCUT2D eigenvalue weighted by Gasteiger charge is -2.35. The number of amides is 1. The Kier molecular flexibility index (Phi) is 4.88. The molecule has 2 heterocycles. The highest BCUT2D eigenvalue weighted by Crippen LogP contribution is 2.24. The average Bonchev–Trinajstić information content (AvgIpc) is 2.55. The van der Waals surface area contributed by atoms with E-state index in [9.17, 15) is 14.0 Å². The number of nitrogens with zero attached hydrogens (tertiary/aromatic N) is 1. The number of piperidine rings is 1. The summed E-state index contributed by atoms with van der Waals surface area (Å²) < 4.78 is 13.3. The van der Waals surface area contributed by atoms with Gasteiger partial charge in [-0.1, -0.05) is 0 Å². The molecule has 1 atom stereocenters. The van der Waals surface area contributed by atoms with Crippen molar-refractivity contribution in [2.75, 3.05) is 18.0 Å². The van der Waals surface area contributed by atoms with Crippen LogP contribution in [-0.4, -0.2) is 30.0 Å². The van der Waals surface area contributed by atoms with Gasteiger partial charge in [0.25, 0.3) is 11.5 Å². The van der Waals surface area contributed by atoms with Gasteiger partial charge in [-0.05, 0) is 62.6 Å². The maximum atomic E-state index is 13.3. The minimum Gasteiger partial charge on any atom is -0.369 e. The summed E-state index contributed by atoms with van der Waals surface area (Å²) in [6, 6.07) is 7.96. The zero-order valence-corrected chi connectivity index (χ0v) is 14.4. The number of halogens is 1. The van der Waals surface area contributed by atoms with E-state index in [0.29, 0.717) is 6.54 Å². The molecule has 3 rings (SSSR count). The van der Waals surface area contributed by atoms with Crippen LogP contribution in [0.2, 0.25) is 0 Å². The number of aromatic amines is 1. The summed E-state index contributed by atoms with van der Waals surface area (Å²) in [6.07, 6.45) is 1.78. The third-order valence-electron chi connectivity index (χ3n) is 4.56. The summed E-state index contributed by atoms with van der Waals surface area (Å²) in [5, 5.41) is 2.95. The van der Waals surface area contributed by atoms with Gasteiger partial charge in [-0.2, -0.15) is 0 Å². The van der Waals surface area contributed by atoms with E-state index in [2.05, 4.69) is 15.2 Å². The molecular weight excluding hydrogens is 321 g/mol. The number of anilines is 1. The molecule has 1 aliphatic heterocycles. The zero-order valence-electron chi connectivity index (χ0n) is 14.4. The molecule has 0 bridgehead atoms. The van der Waals surface area contributed by atoms with Crippen molar-refractivity contribution in [1.29, 1.82) is 0 Å². The molecule has 1 aliphatic rings. The molecule has 1 fully saturated rings. The number of benzene rings is 1. The molecule has 1 saturated heterocycles. The van der Waals surface area contributed by atoms with Gasteiger partial charge in [-0.25, -0.2) is 4.39 Å². The molecule has 2 aromatic rings. The highest BCUT2D eigenvalue weighted by atomic mass is 19.1. The standard InChI is InChI=1S/C19H22FN3O2/c1-12-10-14(20)6-8-17(12)23-9-3-4-15(11-23)22-19(25)16-7-5-13(2)21-18(16)24/h5-8,10,15H,3-4,9,11H2,1-2H3,(H,21,24)(H,22,25)/t15-/m0/s1. The molecule has 132 valence electrons. The maximum absolute atomic E-state index is 13.3. The Morgan fingerprint density at radius 1 is 1.28 bits per heavy atom. The van der Waals surface area contributed by atoms with Crippen LogP contribution in [0, 0.1) is 19.7 Å². The minimum atomic E-state index is -0.375. The van der Waals surface area contributed by atoms with E-state index >= 15 is 0 Å². The Balaban J connectivity index is 1.71. The molecule has 0 aliphatic carbocycles. The van der Waals surface area contributed by atoms with E-state index in [1.54, 1.807) is 25.1 Å². The topological polar surface area (TPSA) is 65.2 Å². The van der Waals surface area contributed by atoms with Gasteiger partial charge in [0.15, 0.2) is 0 Å². The van der Waals surface area contributed by atoms with Gasteiger partial charge in [-0.15, -0.1) is 0 Å². The fourth-order valence-electron chi connectivity index (χ4n) is 3.30. The predicted molar refractivity (Wildman–Crippen MR) is 95.6 cm³/mol. The van der Waals surface area contributed by atoms with Crippen molar-refractivity contribution in [3.05, 3.63) is 63.3 Å². The number of nitrogens with one attached hydrogen (secondary N) is 2. The second-order valence-corrected chi connectivity index (χ2v) is 6.57. The smallest absolute Gasteiger partial charge is 0.260 e. The molecule has 1 amide bonds. The van der Waals surface area contributed by atoms with Crippen molar-refractivity contribution < 1.29 is 9.18 Å². The SMILES string of the molecule is Cc1ccc(C(=O)N[C@H]2CCCN(c3ccc(F)cc3C)C2)c(=O)[nH]1. The lowest BCUT2D eigenvalue weighted by atomic mass is 10.0. The first-order chi connectivity index (χ1) is 11.9. The number of pyridine rings is 1. The molecule has 2 N–H and O–H groups in total. The lowest BCUT2D eigenvalue weighted by molar-refractivity contribution is 0.0931. The van der Waals surface area contributed by atoms with E-state index in [0.717, 1.165) is 36.3 Å². The highest BCUT2D eigenvalue weighted by Gasteiger charge is 2.23. The molecule has 5 nitrogen and oxygen atoms in total. The van der Waals surface area contributed by atoms with E-state index in [1.165, 1.54) is 12.1 Å². The fourth-order valence-corrected chi connectivity index (χ4v) is 3.30.